The average molecular weight is 373 g/mol. The fourth-order valence-corrected chi connectivity index (χ4v) is 1.92. The number of hydrogen-bond donors (Lipinski definition) is 3. The lowest BCUT2D eigenvalue weighted by Gasteiger charge is -1.95. The monoisotopic (exact) mass is 373 g/mol. The molecule has 0 aliphatic rings. The number of aromatic carboxylic acids is 2. The van der Waals surface area contributed by atoms with Gasteiger partial charge in [-0.1, -0.05) is 54.6 Å². The SMILES string of the molecule is N=S(=O)=O.O=C(O)c1cccc(C(=O)O)c1.c1ccc2ccccc2c1. The Hall–Kier alpha value is -3.52. The number of hydrogen-bond acceptors (Lipinski definition) is 5. The summed E-state index contributed by atoms with van der Waals surface area (Å²) in [6.45, 7) is 0. The van der Waals surface area contributed by atoms with Gasteiger partial charge in [-0.05, 0) is 29.0 Å². The van der Waals surface area contributed by atoms with Crippen LogP contribution in [0.15, 0.2) is 72.8 Å². The van der Waals surface area contributed by atoms with Crippen LogP contribution in [0.5, 0.6) is 0 Å². The molecule has 3 aromatic rings. The first-order valence-corrected chi connectivity index (χ1v) is 8.19. The largest absolute Gasteiger partial charge is 0.478 e. The molecule has 7 nitrogen and oxygen atoms in total. The topological polar surface area (TPSA) is 133 Å². The second-order valence-electron chi connectivity index (χ2n) is 4.77. The van der Waals surface area contributed by atoms with Crippen molar-refractivity contribution in [3.05, 3.63) is 83.9 Å². The highest BCUT2D eigenvalue weighted by molar-refractivity contribution is 7.60. The predicted octanol–water partition coefficient (Wildman–Crippen LogP) is 3.55. The predicted molar refractivity (Wildman–Crippen MR) is 95.9 cm³/mol. The van der Waals surface area contributed by atoms with E-state index in [-0.39, 0.29) is 11.1 Å². The molecule has 0 aliphatic heterocycles. The highest BCUT2D eigenvalue weighted by Gasteiger charge is 2.06. The summed E-state index contributed by atoms with van der Waals surface area (Å²) in [5.41, 5.74) is -0.0372. The molecule has 3 rings (SSSR count). The van der Waals surface area contributed by atoms with Gasteiger partial charge in [0.1, 0.15) is 0 Å². The maximum absolute atomic E-state index is 10.4. The average Bonchev–Trinajstić information content (AvgIpc) is 2.62. The van der Waals surface area contributed by atoms with Crippen molar-refractivity contribution >= 4 is 33.2 Å². The molecule has 0 heterocycles. The van der Waals surface area contributed by atoms with Crippen LogP contribution in [0.25, 0.3) is 10.8 Å². The van der Waals surface area contributed by atoms with Gasteiger partial charge in [-0.3, -0.25) is 0 Å². The van der Waals surface area contributed by atoms with E-state index in [1.807, 2.05) is 0 Å². The summed E-state index contributed by atoms with van der Waals surface area (Å²) in [6.07, 6.45) is 0. The van der Waals surface area contributed by atoms with Gasteiger partial charge < -0.3 is 10.2 Å². The lowest BCUT2D eigenvalue weighted by Crippen LogP contribution is -2.01. The molecule has 0 bridgehead atoms. The third-order valence-corrected chi connectivity index (χ3v) is 3.02. The fourth-order valence-electron chi connectivity index (χ4n) is 1.92. The zero-order valence-electron chi connectivity index (χ0n) is 13.4. The van der Waals surface area contributed by atoms with Gasteiger partial charge in [0, 0.05) is 0 Å². The number of nitrogens with one attached hydrogen (secondary N) is 1. The fraction of sp³-hybridized carbons (Fsp3) is 0. The molecular weight excluding hydrogens is 358 g/mol. The molecule has 0 fully saturated rings. The van der Waals surface area contributed by atoms with E-state index in [4.69, 9.17) is 23.4 Å². The van der Waals surface area contributed by atoms with E-state index in [9.17, 15) is 9.59 Å². The maximum Gasteiger partial charge on any atom is 0.335 e. The lowest BCUT2D eigenvalue weighted by molar-refractivity contribution is 0.0696. The van der Waals surface area contributed by atoms with Crippen LogP contribution < -0.4 is 0 Å². The molecule has 0 aromatic heterocycles. The molecule has 0 spiro atoms. The quantitative estimate of drug-likeness (QED) is 0.629. The smallest absolute Gasteiger partial charge is 0.335 e. The number of fused-ring (bicyclic) bond motifs is 1. The third-order valence-electron chi connectivity index (χ3n) is 3.02. The van der Waals surface area contributed by atoms with Gasteiger partial charge in [-0.2, -0.15) is 13.2 Å². The van der Waals surface area contributed by atoms with Crippen molar-refractivity contribution in [1.29, 1.82) is 4.78 Å². The van der Waals surface area contributed by atoms with Crippen LogP contribution in [0.1, 0.15) is 20.7 Å². The zero-order chi connectivity index (χ0) is 19.5. The van der Waals surface area contributed by atoms with Gasteiger partial charge in [0.25, 0.3) is 0 Å². The van der Waals surface area contributed by atoms with Crippen molar-refractivity contribution in [2.45, 2.75) is 0 Å². The van der Waals surface area contributed by atoms with E-state index in [0.717, 1.165) is 6.07 Å². The van der Waals surface area contributed by atoms with Crippen molar-refractivity contribution in [2.75, 3.05) is 0 Å². The van der Waals surface area contributed by atoms with Crippen molar-refractivity contribution < 1.29 is 28.2 Å². The zero-order valence-corrected chi connectivity index (χ0v) is 14.2. The first kappa shape index (κ1) is 20.5. The molecule has 0 saturated carbocycles. The summed E-state index contributed by atoms with van der Waals surface area (Å²) in [7, 11) is -2.61. The van der Waals surface area contributed by atoms with Crippen LogP contribution in [0.2, 0.25) is 0 Å². The summed E-state index contributed by atoms with van der Waals surface area (Å²) < 4.78 is 22.8. The van der Waals surface area contributed by atoms with Crippen molar-refractivity contribution in [1.82, 2.24) is 0 Å². The Morgan fingerprint density at radius 2 is 1.00 bits per heavy atom. The first-order chi connectivity index (χ1) is 12.3. The highest BCUT2D eigenvalue weighted by Crippen LogP contribution is 2.11. The molecule has 3 N–H and O–H groups in total. The molecule has 0 atom stereocenters. The van der Waals surface area contributed by atoms with Gasteiger partial charge in [-0.15, -0.1) is 0 Å². The van der Waals surface area contributed by atoms with Crippen molar-refractivity contribution in [3.8, 4) is 0 Å². The molecule has 0 amide bonds. The Morgan fingerprint density at radius 3 is 1.27 bits per heavy atom. The second-order valence-corrected chi connectivity index (χ2v) is 5.24. The summed E-state index contributed by atoms with van der Waals surface area (Å²) in [5.74, 6) is -2.25. The molecular formula is C18H15NO6S. The van der Waals surface area contributed by atoms with Gasteiger partial charge in [0.2, 0.25) is 0 Å². The van der Waals surface area contributed by atoms with Gasteiger partial charge >= 0.3 is 22.4 Å². The summed E-state index contributed by atoms with van der Waals surface area (Å²) >= 11 is 0. The minimum Gasteiger partial charge on any atom is -0.478 e. The summed E-state index contributed by atoms with van der Waals surface area (Å²) in [6, 6.07) is 21.9. The Labute approximate surface area is 150 Å². The number of rotatable bonds is 2. The number of carbonyl (C=O) groups is 2. The maximum atomic E-state index is 10.4. The Kier molecular flexibility index (Phi) is 8.18. The molecule has 0 aliphatic carbocycles. The lowest BCUT2D eigenvalue weighted by atomic mass is 10.1. The Balaban J connectivity index is 0.000000219. The molecule has 3 aromatic carbocycles. The van der Waals surface area contributed by atoms with Crippen LogP contribution in [0.4, 0.5) is 0 Å². The highest BCUT2D eigenvalue weighted by atomic mass is 32.2. The van der Waals surface area contributed by atoms with Crippen molar-refractivity contribution in [3.63, 3.8) is 0 Å². The Morgan fingerprint density at radius 1 is 0.692 bits per heavy atom. The van der Waals surface area contributed by atoms with E-state index >= 15 is 0 Å². The minimum absolute atomic E-state index is 0.0186. The van der Waals surface area contributed by atoms with E-state index in [0.29, 0.717) is 0 Å². The van der Waals surface area contributed by atoms with E-state index in [1.54, 1.807) is 0 Å². The molecule has 8 heteroatoms. The van der Waals surface area contributed by atoms with E-state index in [1.165, 1.54) is 29.0 Å². The van der Waals surface area contributed by atoms with E-state index in [2.05, 4.69) is 48.5 Å². The molecule has 0 saturated heterocycles. The van der Waals surface area contributed by atoms with Gasteiger partial charge in [-0.25, -0.2) is 9.59 Å². The standard InChI is InChI=1S/C10H8.C8H6O4.HNO2S/c1-2-6-10-8-4-3-7-9(10)5-1;9-7(10)5-2-1-3-6(4-5)8(11)12;1-4(2)3/h1-8H;1-4H,(H,9,10)(H,11,12);1H. The number of benzene rings is 3. The molecule has 0 unspecified atom stereocenters. The molecule has 26 heavy (non-hydrogen) atoms. The van der Waals surface area contributed by atoms with Crippen LogP contribution in [-0.2, 0) is 10.5 Å². The summed E-state index contributed by atoms with van der Waals surface area (Å²) in [5, 5.41) is 19.6. The van der Waals surface area contributed by atoms with Gasteiger partial charge in [0.05, 0.1) is 11.1 Å². The third kappa shape index (κ3) is 7.37. The second kappa shape index (κ2) is 10.4. The minimum atomic E-state index is -2.61. The molecule has 134 valence electrons. The van der Waals surface area contributed by atoms with Gasteiger partial charge in [0.15, 0.2) is 0 Å². The van der Waals surface area contributed by atoms with Crippen LogP contribution in [0.3, 0.4) is 0 Å². The molecule has 0 radical (unpaired) electrons. The number of carboxylic acids is 2. The normalized spacial score (nSPS) is 9.08. The van der Waals surface area contributed by atoms with Crippen molar-refractivity contribution in [2.24, 2.45) is 0 Å². The number of carboxylic acid groups (broad SMARTS) is 2. The van der Waals surface area contributed by atoms with Crippen LogP contribution >= 0.6 is 0 Å². The van der Waals surface area contributed by atoms with Crippen LogP contribution in [0, 0.1) is 4.78 Å². The van der Waals surface area contributed by atoms with Crippen LogP contribution in [-0.4, -0.2) is 30.6 Å². The Bertz CT molecular complexity index is 914. The first-order valence-electron chi connectivity index (χ1n) is 7.12. The van der Waals surface area contributed by atoms with E-state index < -0.39 is 22.4 Å². The summed E-state index contributed by atoms with van der Waals surface area (Å²) in [4.78, 5) is 20.8.